The topological polar surface area (TPSA) is 32.7 Å². The van der Waals surface area contributed by atoms with E-state index in [9.17, 15) is 4.79 Å². The van der Waals surface area contributed by atoms with Gasteiger partial charge < -0.3 is 0 Å². The molecule has 1 heterocycles. The third-order valence-electron chi connectivity index (χ3n) is 4.65. The number of amides is 1. The maximum Gasteiger partial charge on any atom is 0.238 e. The minimum atomic E-state index is -0.219. The van der Waals surface area contributed by atoms with Crippen LogP contribution >= 0.6 is 23.4 Å². The average molecular weight is 395 g/mol. The van der Waals surface area contributed by atoms with Gasteiger partial charge in [0, 0.05) is 10.8 Å². The molecule has 0 saturated carbocycles. The third kappa shape index (κ3) is 4.02. The van der Waals surface area contributed by atoms with Crippen LogP contribution in [-0.2, 0) is 17.1 Å². The molecule has 4 rings (SSSR count). The average Bonchev–Trinajstić information content (AvgIpc) is 2.71. The lowest BCUT2D eigenvalue weighted by Crippen LogP contribution is -2.46. The summed E-state index contributed by atoms with van der Waals surface area (Å²) in [5, 5.41) is 1.49. The van der Waals surface area contributed by atoms with Crippen LogP contribution in [0.2, 0.25) is 5.02 Å². The zero-order chi connectivity index (χ0) is 18.6. The highest BCUT2D eigenvalue weighted by Crippen LogP contribution is 2.31. The number of aliphatic imine (C=N–C) groups is 1. The van der Waals surface area contributed by atoms with Crippen LogP contribution in [0.4, 0.5) is 0 Å². The lowest BCUT2D eigenvalue weighted by atomic mass is 9.93. The van der Waals surface area contributed by atoms with Gasteiger partial charge in [0.25, 0.3) is 0 Å². The lowest BCUT2D eigenvalue weighted by molar-refractivity contribution is -0.131. The van der Waals surface area contributed by atoms with Gasteiger partial charge in [-0.2, -0.15) is 0 Å². The molecule has 0 N–H and O–H groups in total. The highest BCUT2D eigenvalue weighted by atomic mass is 35.5. The molecule has 2 aromatic rings. The molecule has 0 saturated heterocycles. The molecule has 1 aliphatic carbocycles. The Balaban J connectivity index is 1.61. The van der Waals surface area contributed by atoms with Crippen LogP contribution in [0.5, 0.6) is 0 Å². The number of nitrogens with zero attached hydrogens (tertiary/aromatic N) is 2. The zero-order valence-corrected chi connectivity index (χ0v) is 16.2. The van der Waals surface area contributed by atoms with Crippen LogP contribution in [0.15, 0.2) is 83.9 Å². The fourth-order valence-electron chi connectivity index (χ4n) is 3.20. The van der Waals surface area contributed by atoms with E-state index in [1.807, 2.05) is 83.8 Å². The van der Waals surface area contributed by atoms with E-state index in [0.29, 0.717) is 12.3 Å². The molecule has 5 heteroatoms. The Morgan fingerprint density at radius 3 is 2.56 bits per heavy atom. The molecular weight excluding hydrogens is 376 g/mol. The molecule has 0 spiro atoms. The summed E-state index contributed by atoms with van der Waals surface area (Å²) in [7, 11) is 0. The number of carbonyl (C=O) groups is 1. The summed E-state index contributed by atoms with van der Waals surface area (Å²) in [4.78, 5) is 19.9. The van der Waals surface area contributed by atoms with Crippen LogP contribution < -0.4 is 0 Å². The van der Waals surface area contributed by atoms with E-state index >= 15 is 0 Å². The predicted molar refractivity (Wildman–Crippen MR) is 113 cm³/mol. The van der Waals surface area contributed by atoms with Crippen molar-refractivity contribution in [2.45, 2.75) is 18.3 Å². The summed E-state index contributed by atoms with van der Waals surface area (Å²) in [5.74, 6) is 0.554. The molecule has 0 fully saturated rings. The van der Waals surface area contributed by atoms with Crippen LogP contribution in [-0.4, -0.2) is 22.0 Å². The Labute approximate surface area is 168 Å². The number of hydrogen-bond donors (Lipinski definition) is 0. The van der Waals surface area contributed by atoms with Gasteiger partial charge in [-0.25, -0.2) is 0 Å². The first-order chi connectivity index (χ1) is 13.2. The van der Waals surface area contributed by atoms with Crippen molar-refractivity contribution in [2.24, 2.45) is 10.9 Å². The molecule has 2 atom stereocenters. The number of benzene rings is 2. The maximum absolute atomic E-state index is 13.2. The molecule has 2 aliphatic rings. The van der Waals surface area contributed by atoms with Crippen molar-refractivity contribution in [1.29, 1.82) is 0 Å². The first-order valence-corrected chi connectivity index (χ1v) is 10.2. The normalized spacial score (nSPS) is 21.1. The number of rotatable bonds is 4. The molecule has 0 aromatic heterocycles. The van der Waals surface area contributed by atoms with Crippen molar-refractivity contribution < 1.29 is 4.79 Å². The minimum absolute atomic E-state index is 0.0983. The SMILES string of the molecule is O=C1[C@@H]2C=CC=C[C@@H]2N=C(SCc2ccccc2Cl)N1Cc1ccccc1. The summed E-state index contributed by atoms with van der Waals surface area (Å²) >= 11 is 7.86. The first kappa shape index (κ1) is 18.1. The van der Waals surface area contributed by atoms with Crippen LogP contribution in [0.1, 0.15) is 11.1 Å². The Morgan fingerprint density at radius 2 is 1.74 bits per heavy atom. The van der Waals surface area contributed by atoms with E-state index in [4.69, 9.17) is 16.6 Å². The summed E-state index contributed by atoms with van der Waals surface area (Å²) in [6.45, 7) is 0.523. The van der Waals surface area contributed by atoms with Crippen LogP contribution in [0.25, 0.3) is 0 Å². The molecule has 0 unspecified atom stereocenters. The van der Waals surface area contributed by atoms with Gasteiger partial charge in [-0.3, -0.25) is 14.7 Å². The number of halogens is 1. The van der Waals surface area contributed by atoms with Crippen molar-refractivity contribution in [1.82, 2.24) is 4.90 Å². The number of fused-ring (bicyclic) bond motifs is 1. The number of thioether (sulfide) groups is 1. The smallest absolute Gasteiger partial charge is 0.238 e. The predicted octanol–water partition coefficient (Wildman–Crippen LogP) is 5.08. The largest absolute Gasteiger partial charge is 0.286 e. The number of carbonyl (C=O) groups excluding carboxylic acids is 1. The standard InChI is InChI=1S/C22H19ClN2OS/c23-19-12-6-4-10-17(19)15-27-22-24-20-13-7-5-11-18(20)21(26)25(22)14-16-8-2-1-3-9-16/h1-13,18,20H,14-15H2/t18-,20+/m1/s1. The molecule has 2 aromatic carbocycles. The van der Waals surface area contributed by atoms with Gasteiger partial charge in [0.15, 0.2) is 5.17 Å². The van der Waals surface area contributed by atoms with Crippen LogP contribution in [0.3, 0.4) is 0 Å². The Hall–Kier alpha value is -2.30. The second kappa shape index (κ2) is 8.15. The van der Waals surface area contributed by atoms with Gasteiger partial charge in [0.05, 0.1) is 18.5 Å². The van der Waals surface area contributed by atoms with E-state index in [2.05, 4.69) is 0 Å². The highest BCUT2D eigenvalue weighted by molar-refractivity contribution is 8.13. The van der Waals surface area contributed by atoms with E-state index < -0.39 is 0 Å². The van der Waals surface area contributed by atoms with Gasteiger partial charge in [-0.1, -0.05) is 96.2 Å². The minimum Gasteiger partial charge on any atom is -0.286 e. The van der Waals surface area contributed by atoms with E-state index in [-0.39, 0.29) is 17.9 Å². The van der Waals surface area contributed by atoms with E-state index in [0.717, 1.165) is 21.3 Å². The quantitative estimate of drug-likeness (QED) is 0.724. The van der Waals surface area contributed by atoms with E-state index in [1.54, 1.807) is 11.8 Å². The molecule has 27 heavy (non-hydrogen) atoms. The second-order valence-corrected chi connectivity index (χ2v) is 7.84. The maximum atomic E-state index is 13.2. The fraction of sp³-hybridized carbons (Fsp3) is 0.182. The molecule has 0 bridgehead atoms. The third-order valence-corrected chi connectivity index (χ3v) is 6.05. The van der Waals surface area contributed by atoms with Crippen molar-refractivity contribution in [3.8, 4) is 0 Å². The molecule has 1 aliphatic heterocycles. The summed E-state index contributed by atoms with van der Waals surface area (Å²) in [6.07, 6.45) is 7.83. The van der Waals surface area contributed by atoms with E-state index in [1.165, 1.54) is 0 Å². The van der Waals surface area contributed by atoms with Crippen molar-refractivity contribution in [3.63, 3.8) is 0 Å². The number of hydrogen-bond acceptors (Lipinski definition) is 3. The summed E-state index contributed by atoms with van der Waals surface area (Å²) in [5.41, 5.74) is 2.13. The fourth-order valence-corrected chi connectivity index (χ4v) is 4.53. The lowest BCUT2D eigenvalue weighted by Gasteiger charge is -2.35. The Bertz CT molecular complexity index is 923. The van der Waals surface area contributed by atoms with Gasteiger partial charge in [0.1, 0.15) is 0 Å². The van der Waals surface area contributed by atoms with Crippen molar-refractivity contribution >= 4 is 34.4 Å². The molecule has 136 valence electrons. The van der Waals surface area contributed by atoms with Gasteiger partial charge in [-0.15, -0.1) is 0 Å². The summed E-state index contributed by atoms with van der Waals surface area (Å²) < 4.78 is 0. The number of allylic oxidation sites excluding steroid dienone is 2. The zero-order valence-electron chi connectivity index (χ0n) is 14.7. The Morgan fingerprint density at radius 1 is 1.00 bits per heavy atom. The second-order valence-electron chi connectivity index (χ2n) is 6.49. The van der Waals surface area contributed by atoms with Crippen molar-refractivity contribution in [2.75, 3.05) is 0 Å². The Kier molecular flexibility index (Phi) is 5.46. The molecular formula is C22H19ClN2OS. The number of amidine groups is 1. The first-order valence-electron chi connectivity index (χ1n) is 8.86. The molecule has 3 nitrogen and oxygen atoms in total. The summed E-state index contributed by atoms with van der Waals surface area (Å²) in [6, 6.07) is 17.7. The van der Waals surface area contributed by atoms with Gasteiger partial charge >= 0.3 is 0 Å². The van der Waals surface area contributed by atoms with Gasteiger partial charge in [0.2, 0.25) is 5.91 Å². The molecule has 1 amide bonds. The monoisotopic (exact) mass is 394 g/mol. The van der Waals surface area contributed by atoms with Crippen LogP contribution in [0, 0.1) is 5.92 Å². The van der Waals surface area contributed by atoms with Gasteiger partial charge in [-0.05, 0) is 17.2 Å². The van der Waals surface area contributed by atoms with Crippen molar-refractivity contribution in [3.05, 3.63) is 95.1 Å². The highest BCUT2D eigenvalue weighted by Gasteiger charge is 2.36. The molecule has 0 radical (unpaired) electrons.